The molecular formula is C21H18BrN3O2S. The minimum absolute atomic E-state index is 0.275. The number of hydrogen-bond donors (Lipinski definition) is 1. The third-order valence-corrected chi connectivity index (χ3v) is 5.50. The van der Waals surface area contributed by atoms with Gasteiger partial charge in [0.15, 0.2) is 0 Å². The van der Waals surface area contributed by atoms with Crippen molar-refractivity contribution >= 4 is 39.8 Å². The third-order valence-electron chi connectivity index (χ3n) is 3.82. The lowest BCUT2D eigenvalue weighted by molar-refractivity contribution is 0.0954. The molecule has 0 radical (unpaired) electrons. The molecule has 142 valence electrons. The average Bonchev–Trinajstić information content (AvgIpc) is 2.73. The smallest absolute Gasteiger partial charge is 0.272 e. The Morgan fingerprint density at radius 3 is 2.79 bits per heavy atom. The Labute approximate surface area is 176 Å². The summed E-state index contributed by atoms with van der Waals surface area (Å²) in [6, 6.07) is 18.8. The van der Waals surface area contributed by atoms with Crippen molar-refractivity contribution in [2.75, 3.05) is 7.11 Å². The number of methoxy groups -OCH3 is 1. The number of pyridine rings is 1. The van der Waals surface area contributed by atoms with E-state index in [0.717, 1.165) is 26.4 Å². The zero-order chi connectivity index (χ0) is 19.8. The maximum Gasteiger partial charge on any atom is 0.272 e. The van der Waals surface area contributed by atoms with E-state index in [1.165, 1.54) is 0 Å². The number of hydrogen-bond acceptors (Lipinski definition) is 5. The molecule has 0 unspecified atom stereocenters. The predicted octanol–water partition coefficient (Wildman–Crippen LogP) is 4.91. The van der Waals surface area contributed by atoms with Crippen LogP contribution in [0.15, 0.2) is 81.5 Å². The van der Waals surface area contributed by atoms with Crippen LogP contribution in [0.2, 0.25) is 0 Å². The van der Waals surface area contributed by atoms with Gasteiger partial charge in [-0.25, -0.2) is 10.4 Å². The summed E-state index contributed by atoms with van der Waals surface area (Å²) in [6.45, 7) is 0. The van der Waals surface area contributed by atoms with Crippen molar-refractivity contribution < 1.29 is 9.53 Å². The molecule has 28 heavy (non-hydrogen) atoms. The van der Waals surface area contributed by atoms with Gasteiger partial charge in [0.2, 0.25) is 0 Å². The first-order chi connectivity index (χ1) is 13.7. The maximum atomic E-state index is 12.2. The van der Waals surface area contributed by atoms with Crippen LogP contribution in [-0.2, 0) is 5.75 Å². The lowest BCUT2D eigenvalue weighted by atomic mass is 10.1. The van der Waals surface area contributed by atoms with Gasteiger partial charge in [-0.05, 0) is 64.0 Å². The van der Waals surface area contributed by atoms with Crippen LogP contribution in [0.25, 0.3) is 0 Å². The fraction of sp³-hybridized carbons (Fsp3) is 0.0952. The fourth-order valence-corrected chi connectivity index (χ4v) is 3.75. The number of aromatic nitrogens is 1. The molecule has 0 spiro atoms. The quantitative estimate of drug-likeness (QED) is 0.312. The van der Waals surface area contributed by atoms with Crippen LogP contribution in [0, 0.1) is 0 Å². The van der Waals surface area contributed by atoms with Gasteiger partial charge in [0.1, 0.15) is 5.75 Å². The van der Waals surface area contributed by atoms with Crippen LogP contribution in [0.5, 0.6) is 5.75 Å². The highest BCUT2D eigenvalue weighted by molar-refractivity contribution is 9.10. The molecule has 3 rings (SSSR count). The molecule has 1 heterocycles. The SMILES string of the molecule is COc1ccc(/C=N\NC(=O)c2ccccc2Br)cc1CSc1ccccn1. The van der Waals surface area contributed by atoms with Crippen LogP contribution < -0.4 is 10.2 Å². The first kappa shape index (κ1) is 20.1. The van der Waals surface area contributed by atoms with E-state index in [1.807, 2.05) is 48.5 Å². The molecule has 5 nitrogen and oxygen atoms in total. The highest BCUT2D eigenvalue weighted by atomic mass is 79.9. The number of hydrazone groups is 1. The molecule has 0 aliphatic rings. The molecule has 0 fully saturated rings. The van der Waals surface area contributed by atoms with Crippen molar-refractivity contribution in [3.05, 3.63) is 88.0 Å². The summed E-state index contributed by atoms with van der Waals surface area (Å²) in [7, 11) is 1.65. The molecule has 1 amide bonds. The number of ether oxygens (including phenoxy) is 1. The molecular weight excluding hydrogens is 438 g/mol. The number of nitrogens with one attached hydrogen (secondary N) is 1. The Balaban J connectivity index is 1.67. The molecule has 2 aromatic carbocycles. The van der Waals surface area contributed by atoms with Gasteiger partial charge in [0.05, 0.1) is 23.9 Å². The second-order valence-electron chi connectivity index (χ2n) is 5.71. The zero-order valence-electron chi connectivity index (χ0n) is 15.1. The van der Waals surface area contributed by atoms with E-state index in [9.17, 15) is 4.79 Å². The monoisotopic (exact) mass is 455 g/mol. The molecule has 0 atom stereocenters. The molecule has 3 aromatic rings. The van der Waals surface area contributed by atoms with Crippen LogP contribution in [0.3, 0.4) is 0 Å². The van der Waals surface area contributed by atoms with E-state index in [2.05, 4.69) is 31.4 Å². The Morgan fingerprint density at radius 1 is 1.21 bits per heavy atom. The van der Waals surface area contributed by atoms with E-state index < -0.39 is 0 Å². The topological polar surface area (TPSA) is 63.6 Å². The van der Waals surface area contributed by atoms with Gasteiger partial charge >= 0.3 is 0 Å². The molecule has 0 saturated carbocycles. The zero-order valence-corrected chi connectivity index (χ0v) is 17.5. The number of nitrogens with zero attached hydrogens (tertiary/aromatic N) is 2. The largest absolute Gasteiger partial charge is 0.496 e. The summed E-state index contributed by atoms with van der Waals surface area (Å²) >= 11 is 4.99. The third kappa shape index (κ3) is 5.43. The summed E-state index contributed by atoms with van der Waals surface area (Å²) in [5.41, 5.74) is 4.97. The van der Waals surface area contributed by atoms with E-state index in [-0.39, 0.29) is 5.91 Å². The predicted molar refractivity (Wildman–Crippen MR) is 116 cm³/mol. The van der Waals surface area contributed by atoms with E-state index >= 15 is 0 Å². The Bertz CT molecular complexity index is 980. The summed E-state index contributed by atoms with van der Waals surface area (Å²) in [6.07, 6.45) is 3.39. The summed E-state index contributed by atoms with van der Waals surface area (Å²) < 4.78 is 6.17. The molecule has 7 heteroatoms. The van der Waals surface area contributed by atoms with Crippen LogP contribution >= 0.6 is 27.7 Å². The highest BCUT2D eigenvalue weighted by Crippen LogP contribution is 2.27. The Morgan fingerprint density at radius 2 is 2.04 bits per heavy atom. The molecule has 1 N–H and O–H groups in total. The molecule has 0 saturated heterocycles. The first-order valence-corrected chi connectivity index (χ1v) is 10.2. The van der Waals surface area contributed by atoms with E-state index in [4.69, 9.17) is 4.74 Å². The maximum absolute atomic E-state index is 12.2. The van der Waals surface area contributed by atoms with Crippen molar-refractivity contribution in [3.63, 3.8) is 0 Å². The fourth-order valence-electron chi connectivity index (χ4n) is 2.45. The number of amides is 1. The highest BCUT2D eigenvalue weighted by Gasteiger charge is 2.08. The van der Waals surface area contributed by atoms with Crippen molar-refractivity contribution in [3.8, 4) is 5.75 Å². The molecule has 0 bridgehead atoms. The van der Waals surface area contributed by atoms with Crippen molar-refractivity contribution in [1.29, 1.82) is 0 Å². The number of carbonyl (C=O) groups excluding carboxylic acids is 1. The Hall–Kier alpha value is -2.64. The van der Waals surface area contributed by atoms with Gasteiger partial charge in [-0.2, -0.15) is 5.10 Å². The van der Waals surface area contributed by atoms with Gasteiger partial charge in [-0.1, -0.05) is 18.2 Å². The summed E-state index contributed by atoms with van der Waals surface area (Å²) in [5, 5.41) is 5.02. The number of halogens is 1. The van der Waals surface area contributed by atoms with Crippen molar-refractivity contribution in [2.24, 2.45) is 5.10 Å². The number of thioether (sulfide) groups is 1. The van der Waals surface area contributed by atoms with Crippen LogP contribution in [0.1, 0.15) is 21.5 Å². The van der Waals surface area contributed by atoms with Crippen molar-refractivity contribution in [1.82, 2.24) is 10.4 Å². The van der Waals surface area contributed by atoms with Crippen molar-refractivity contribution in [2.45, 2.75) is 10.8 Å². The molecule has 0 aliphatic heterocycles. The molecule has 1 aromatic heterocycles. The second kappa shape index (κ2) is 10.1. The average molecular weight is 456 g/mol. The minimum Gasteiger partial charge on any atom is -0.496 e. The van der Waals surface area contributed by atoms with Gasteiger partial charge in [0.25, 0.3) is 5.91 Å². The first-order valence-electron chi connectivity index (χ1n) is 8.46. The van der Waals surface area contributed by atoms with Gasteiger partial charge in [-0.3, -0.25) is 4.79 Å². The second-order valence-corrected chi connectivity index (χ2v) is 7.56. The molecule has 0 aliphatic carbocycles. The Kier molecular flexibility index (Phi) is 7.22. The standard InChI is InChI=1S/C21H18BrN3O2S/c1-27-19-10-9-15(12-16(19)14-28-20-8-4-5-11-23-20)13-24-25-21(26)17-6-2-3-7-18(17)22/h2-13H,14H2,1H3,(H,25,26)/b24-13-. The van der Waals surface area contributed by atoms with Gasteiger partial charge < -0.3 is 4.74 Å². The summed E-state index contributed by atoms with van der Waals surface area (Å²) in [5.74, 6) is 1.24. The number of carbonyl (C=O) groups is 1. The van der Waals surface area contributed by atoms with Crippen LogP contribution in [-0.4, -0.2) is 24.2 Å². The number of rotatable bonds is 7. The normalized spacial score (nSPS) is 10.8. The van der Waals surface area contributed by atoms with E-state index in [0.29, 0.717) is 11.3 Å². The summed E-state index contributed by atoms with van der Waals surface area (Å²) in [4.78, 5) is 16.5. The van der Waals surface area contributed by atoms with Crippen LogP contribution in [0.4, 0.5) is 0 Å². The van der Waals surface area contributed by atoms with Gasteiger partial charge in [0, 0.05) is 22.0 Å². The lowest BCUT2D eigenvalue weighted by Gasteiger charge is -2.09. The lowest BCUT2D eigenvalue weighted by Crippen LogP contribution is -2.18. The minimum atomic E-state index is -0.275. The van der Waals surface area contributed by atoms with Gasteiger partial charge in [-0.15, -0.1) is 11.8 Å². The van der Waals surface area contributed by atoms with E-state index in [1.54, 1.807) is 43.4 Å². The number of benzene rings is 2.